The number of aromatic amines is 2. The second-order valence-corrected chi connectivity index (χ2v) is 13.2. The first-order valence-corrected chi connectivity index (χ1v) is 15.4. The number of nitrogens with zero attached hydrogens (tertiary/aromatic N) is 2. The van der Waals surface area contributed by atoms with E-state index < -0.39 is 0 Å². The zero-order valence-corrected chi connectivity index (χ0v) is 23.3. The maximum Gasteiger partial charge on any atom is 0.124 e. The van der Waals surface area contributed by atoms with E-state index in [4.69, 9.17) is 9.97 Å². The Hall–Kier alpha value is -3.22. The van der Waals surface area contributed by atoms with Crippen LogP contribution in [0, 0.1) is 10.8 Å². The van der Waals surface area contributed by atoms with E-state index in [1.807, 2.05) is 0 Å². The van der Waals surface area contributed by atoms with E-state index in [1.54, 1.807) is 0 Å². The number of aromatic nitrogens is 4. The predicted octanol–water partition coefficient (Wildman–Crippen LogP) is 7.32. The highest BCUT2D eigenvalue weighted by atomic mass is 15.1. The zero-order chi connectivity index (χ0) is 26.6. The van der Waals surface area contributed by atoms with Crippen LogP contribution in [0.15, 0.2) is 60.9 Å². The smallest absolute Gasteiger partial charge is 0.124 e. The highest BCUT2D eigenvalue weighted by Crippen LogP contribution is 2.49. The normalized spacial score (nSPS) is 25.0. The molecule has 2 saturated carbocycles. The first-order valence-electron chi connectivity index (χ1n) is 15.4. The minimum absolute atomic E-state index is 0.355. The van der Waals surface area contributed by atoms with Gasteiger partial charge in [-0.15, -0.1) is 0 Å². The maximum atomic E-state index is 4.98. The molecule has 2 atom stereocenters. The lowest BCUT2D eigenvalue weighted by molar-refractivity contribution is 0.327. The summed E-state index contributed by atoms with van der Waals surface area (Å²) in [5, 5.41) is 7.48. The molecule has 2 aromatic carbocycles. The van der Waals surface area contributed by atoms with E-state index in [-0.39, 0.29) is 0 Å². The summed E-state index contributed by atoms with van der Waals surface area (Å²) >= 11 is 0. The Morgan fingerprint density at radius 3 is 1.30 bits per heavy atom. The van der Waals surface area contributed by atoms with Crippen molar-refractivity contribution in [2.75, 3.05) is 13.1 Å². The van der Waals surface area contributed by atoms with Gasteiger partial charge in [0.05, 0.1) is 23.5 Å². The van der Waals surface area contributed by atoms with Crippen LogP contribution >= 0.6 is 0 Å². The molecule has 4 fully saturated rings. The molecule has 0 bridgehead atoms. The average Bonchev–Trinajstić information content (AvgIpc) is 3.84. The Bertz CT molecular complexity index is 1350. The first kappa shape index (κ1) is 24.6. The molecular formula is C34H40N6. The van der Waals surface area contributed by atoms with Gasteiger partial charge in [-0.05, 0) is 60.5 Å². The summed E-state index contributed by atoms with van der Waals surface area (Å²) in [6, 6.07) is 18.3. The lowest BCUT2D eigenvalue weighted by Crippen LogP contribution is -2.20. The molecule has 2 spiro atoms. The summed E-state index contributed by atoms with van der Waals surface area (Å²) in [5.74, 6) is 2.17. The van der Waals surface area contributed by atoms with Gasteiger partial charge in [0.15, 0.2) is 0 Å². The lowest BCUT2D eigenvalue weighted by Gasteiger charge is -2.20. The van der Waals surface area contributed by atoms with Crippen molar-refractivity contribution in [1.29, 1.82) is 0 Å². The van der Waals surface area contributed by atoms with Gasteiger partial charge in [-0.2, -0.15) is 0 Å². The molecule has 2 aromatic heterocycles. The molecule has 2 saturated heterocycles. The van der Waals surface area contributed by atoms with Crippen LogP contribution < -0.4 is 10.6 Å². The van der Waals surface area contributed by atoms with Crippen molar-refractivity contribution in [1.82, 2.24) is 30.6 Å². The fourth-order valence-corrected chi connectivity index (χ4v) is 8.23. The largest absolute Gasteiger partial charge is 0.347 e. The summed E-state index contributed by atoms with van der Waals surface area (Å²) in [4.78, 5) is 16.9. The third-order valence-electron chi connectivity index (χ3n) is 10.6. The molecule has 6 nitrogen and oxygen atoms in total. The van der Waals surface area contributed by atoms with Gasteiger partial charge in [0.25, 0.3) is 0 Å². The van der Waals surface area contributed by atoms with E-state index >= 15 is 0 Å². The number of imidazole rings is 2. The molecule has 4 heterocycles. The highest BCUT2D eigenvalue weighted by Gasteiger charge is 2.43. The molecule has 6 heteroatoms. The van der Waals surface area contributed by atoms with Crippen LogP contribution in [0.2, 0.25) is 0 Å². The van der Waals surface area contributed by atoms with Gasteiger partial charge in [0, 0.05) is 36.6 Å². The molecule has 4 aliphatic rings. The number of hydrogen-bond donors (Lipinski definition) is 4. The molecule has 2 aliphatic heterocycles. The summed E-state index contributed by atoms with van der Waals surface area (Å²) in [6.07, 6.45) is 17.6. The third kappa shape index (κ3) is 4.42. The third-order valence-corrected chi connectivity index (χ3v) is 10.6. The van der Waals surface area contributed by atoms with Gasteiger partial charge < -0.3 is 20.6 Å². The van der Waals surface area contributed by atoms with Crippen molar-refractivity contribution in [3.8, 4) is 33.6 Å². The monoisotopic (exact) mass is 532 g/mol. The SMILES string of the molecule is c1cc(-c2c[nH]c([C@@H]3CC4(CCCC4)CN3)n2)ccc1-c1ccc(-c2c[nH]c([C@@H]3CC4(CCCC4)CN3)n2)cc1. The summed E-state index contributed by atoms with van der Waals surface area (Å²) < 4.78 is 0. The molecule has 4 N–H and O–H groups in total. The Kier molecular flexibility index (Phi) is 5.96. The van der Waals surface area contributed by atoms with Crippen LogP contribution in [0.25, 0.3) is 33.6 Å². The number of benzene rings is 2. The molecule has 0 amide bonds. The van der Waals surface area contributed by atoms with Crippen LogP contribution in [0.5, 0.6) is 0 Å². The molecule has 2 aliphatic carbocycles. The van der Waals surface area contributed by atoms with Crippen molar-refractivity contribution in [2.45, 2.75) is 76.3 Å². The minimum atomic E-state index is 0.355. The van der Waals surface area contributed by atoms with Crippen molar-refractivity contribution < 1.29 is 0 Å². The fraction of sp³-hybridized carbons (Fsp3) is 0.471. The zero-order valence-electron chi connectivity index (χ0n) is 23.3. The van der Waals surface area contributed by atoms with Crippen LogP contribution in [-0.2, 0) is 0 Å². The topological polar surface area (TPSA) is 81.4 Å². The molecule has 0 radical (unpaired) electrons. The second kappa shape index (κ2) is 9.71. The Labute approximate surface area is 236 Å². The van der Waals surface area contributed by atoms with Gasteiger partial charge in [-0.25, -0.2) is 9.97 Å². The number of rotatable bonds is 5. The molecule has 0 unspecified atom stereocenters. The van der Waals surface area contributed by atoms with Crippen LogP contribution in [0.1, 0.15) is 87.9 Å². The lowest BCUT2D eigenvalue weighted by atomic mass is 9.84. The summed E-state index contributed by atoms with van der Waals surface area (Å²) in [6.45, 7) is 2.28. The van der Waals surface area contributed by atoms with E-state index in [9.17, 15) is 0 Å². The minimum Gasteiger partial charge on any atom is -0.347 e. The molecular weight excluding hydrogens is 492 g/mol. The predicted molar refractivity (Wildman–Crippen MR) is 160 cm³/mol. The first-order chi connectivity index (χ1) is 19.7. The highest BCUT2D eigenvalue weighted by molar-refractivity contribution is 5.71. The fourth-order valence-electron chi connectivity index (χ4n) is 8.23. The molecule has 40 heavy (non-hydrogen) atoms. The summed E-state index contributed by atoms with van der Waals surface area (Å²) in [7, 11) is 0. The Morgan fingerprint density at radius 2 is 0.900 bits per heavy atom. The van der Waals surface area contributed by atoms with Crippen LogP contribution in [-0.4, -0.2) is 33.0 Å². The van der Waals surface area contributed by atoms with Gasteiger partial charge in [-0.3, -0.25) is 0 Å². The number of nitrogens with one attached hydrogen (secondary N) is 4. The average molecular weight is 533 g/mol. The number of H-pyrrole nitrogens is 2. The van der Waals surface area contributed by atoms with Gasteiger partial charge in [-0.1, -0.05) is 74.2 Å². The van der Waals surface area contributed by atoms with E-state index in [2.05, 4.69) is 81.5 Å². The van der Waals surface area contributed by atoms with Crippen molar-refractivity contribution in [2.24, 2.45) is 10.8 Å². The van der Waals surface area contributed by atoms with Gasteiger partial charge >= 0.3 is 0 Å². The van der Waals surface area contributed by atoms with Crippen molar-refractivity contribution >= 4 is 0 Å². The Balaban J connectivity index is 0.931. The molecule has 8 rings (SSSR count). The second-order valence-electron chi connectivity index (χ2n) is 13.2. The van der Waals surface area contributed by atoms with E-state index in [1.165, 1.54) is 75.3 Å². The van der Waals surface area contributed by atoms with Crippen molar-refractivity contribution in [3.63, 3.8) is 0 Å². The number of hydrogen-bond acceptors (Lipinski definition) is 4. The molecule has 4 aromatic rings. The quantitative estimate of drug-likeness (QED) is 0.217. The summed E-state index contributed by atoms with van der Waals surface area (Å²) in [5.41, 5.74) is 7.81. The van der Waals surface area contributed by atoms with Crippen LogP contribution in [0.4, 0.5) is 0 Å². The van der Waals surface area contributed by atoms with E-state index in [0.717, 1.165) is 47.3 Å². The standard InChI is InChI=1S/C34H40N6/c1-2-14-33(13-1)17-27(37-21-33)31-35-19-29(39-31)25-9-5-23(6-10-25)24-7-11-26(12-8-24)30-20-36-32(40-30)28-18-34(22-38-28)15-3-4-16-34/h5-12,19-20,27-28,37-38H,1-4,13-18,21-22H2,(H,35,39)(H,36,40)/t27-,28-/m0/s1. The molecule has 206 valence electrons. The van der Waals surface area contributed by atoms with Crippen LogP contribution in [0.3, 0.4) is 0 Å². The maximum absolute atomic E-state index is 4.98. The Morgan fingerprint density at radius 1 is 0.525 bits per heavy atom. The van der Waals surface area contributed by atoms with Crippen molar-refractivity contribution in [3.05, 3.63) is 72.6 Å². The van der Waals surface area contributed by atoms with E-state index in [0.29, 0.717) is 22.9 Å². The van der Waals surface area contributed by atoms with Gasteiger partial charge in [0.2, 0.25) is 0 Å². The van der Waals surface area contributed by atoms with Gasteiger partial charge in [0.1, 0.15) is 11.6 Å².